The second kappa shape index (κ2) is 11.0. The molecule has 3 aromatic carbocycles. The number of hydrogen-bond acceptors (Lipinski definition) is 8. The molecular formula is C30H27N3O8. The summed E-state index contributed by atoms with van der Waals surface area (Å²) in [5.74, 6) is -1.60. The number of ether oxygens (including phenoxy) is 2. The van der Waals surface area contributed by atoms with Gasteiger partial charge in [-0.05, 0) is 54.8 Å². The number of amides is 1. The second-order valence-electron chi connectivity index (χ2n) is 9.44. The van der Waals surface area contributed by atoms with Crippen LogP contribution in [0.25, 0.3) is 16.7 Å². The molecule has 2 heterocycles. The Kier molecular flexibility index (Phi) is 7.34. The molecule has 0 spiro atoms. The van der Waals surface area contributed by atoms with E-state index in [0.717, 1.165) is 22.5 Å². The maximum atomic E-state index is 13.4. The Balaban J connectivity index is 1.60. The number of likely N-dealkylation sites (tertiary alicyclic amines) is 1. The molecule has 1 saturated heterocycles. The summed E-state index contributed by atoms with van der Waals surface area (Å²) in [5, 5.41) is 33.8. The highest BCUT2D eigenvalue weighted by molar-refractivity contribution is 6.46. The van der Waals surface area contributed by atoms with Gasteiger partial charge in [-0.25, -0.2) is 0 Å². The molecule has 1 unspecified atom stereocenters. The smallest absolute Gasteiger partial charge is 0.295 e. The van der Waals surface area contributed by atoms with Crippen molar-refractivity contribution >= 4 is 34.0 Å². The molecule has 1 fully saturated rings. The number of ketones is 1. The van der Waals surface area contributed by atoms with E-state index >= 15 is 0 Å². The van der Waals surface area contributed by atoms with Gasteiger partial charge in [-0.2, -0.15) is 0 Å². The van der Waals surface area contributed by atoms with Gasteiger partial charge in [0.15, 0.2) is 11.5 Å². The van der Waals surface area contributed by atoms with Gasteiger partial charge in [0.05, 0.1) is 30.3 Å². The van der Waals surface area contributed by atoms with Crippen molar-refractivity contribution in [2.75, 3.05) is 20.3 Å². The fourth-order valence-electron chi connectivity index (χ4n) is 5.08. The summed E-state index contributed by atoms with van der Waals surface area (Å²) in [6, 6.07) is 14.2. The van der Waals surface area contributed by atoms with Gasteiger partial charge in [0.1, 0.15) is 11.5 Å². The molecular weight excluding hydrogens is 530 g/mol. The van der Waals surface area contributed by atoms with Gasteiger partial charge in [-0.1, -0.05) is 18.2 Å². The van der Waals surface area contributed by atoms with E-state index in [-0.39, 0.29) is 41.5 Å². The monoisotopic (exact) mass is 557 g/mol. The van der Waals surface area contributed by atoms with Crippen LogP contribution in [0.4, 0.5) is 5.69 Å². The summed E-state index contributed by atoms with van der Waals surface area (Å²) < 4.78 is 10.9. The zero-order chi connectivity index (χ0) is 29.3. The number of phenols is 1. The van der Waals surface area contributed by atoms with Crippen LogP contribution in [0.5, 0.6) is 17.2 Å². The van der Waals surface area contributed by atoms with Gasteiger partial charge in [0, 0.05) is 41.3 Å². The number of aromatic nitrogens is 1. The van der Waals surface area contributed by atoms with E-state index in [1.807, 2.05) is 24.4 Å². The molecule has 1 amide bonds. The van der Waals surface area contributed by atoms with Crippen LogP contribution in [0.2, 0.25) is 0 Å². The molecule has 11 heteroatoms. The van der Waals surface area contributed by atoms with Crippen LogP contribution in [-0.2, 0) is 16.0 Å². The molecule has 0 radical (unpaired) electrons. The van der Waals surface area contributed by atoms with E-state index in [1.54, 1.807) is 20.1 Å². The summed E-state index contributed by atoms with van der Waals surface area (Å²) in [6.45, 7) is 2.11. The lowest BCUT2D eigenvalue weighted by molar-refractivity contribution is -0.384. The van der Waals surface area contributed by atoms with E-state index in [1.165, 1.54) is 35.2 Å². The number of carbonyl (C=O) groups is 2. The number of aliphatic hydroxyl groups is 1. The number of aromatic amines is 1. The number of methoxy groups -OCH3 is 1. The molecule has 1 atom stereocenters. The van der Waals surface area contributed by atoms with Crippen LogP contribution >= 0.6 is 0 Å². The third-order valence-corrected chi connectivity index (χ3v) is 7.07. The minimum Gasteiger partial charge on any atom is -0.507 e. The number of aromatic hydroxyl groups is 1. The quantitative estimate of drug-likeness (QED) is 0.0867. The largest absolute Gasteiger partial charge is 0.507 e. The molecule has 1 aliphatic rings. The number of aliphatic hydroxyl groups excluding tert-OH is 1. The Morgan fingerprint density at radius 1 is 1.12 bits per heavy atom. The Hall–Kier alpha value is -5.32. The molecule has 1 aromatic heterocycles. The van der Waals surface area contributed by atoms with Crippen molar-refractivity contribution in [2.45, 2.75) is 19.4 Å². The molecule has 11 nitrogen and oxygen atoms in total. The van der Waals surface area contributed by atoms with Crippen LogP contribution in [0.1, 0.15) is 29.7 Å². The lowest BCUT2D eigenvalue weighted by atomic mass is 9.94. The van der Waals surface area contributed by atoms with Gasteiger partial charge >= 0.3 is 0 Å². The van der Waals surface area contributed by atoms with E-state index in [4.69, 9.17) is 9.47 Å². The number of Topliss-reactive ketones (excluding diaryl/α,β-unsaturated/α-hetero) is 1. The molecule has 4 aromatic rings. The van der Waals surface area contributed by atoms with Gasteiger partial charge in [0.25, 0.3) is 17.4 Å². The number of nitrogens with one attached hydrogen (secondary N) is 1. The number of phenolic OH excluding ortho intramolecular Hbond substituents is 1. The number of rotatable bonds is 9. The van der Waals surface area contributed by atoms with Gasteiger partial charge in [0.2, 0.25) is 0 Å². The van der Waals surface area contributed by atoms with E-state index in [0.29, 0.717) is 17.7 Å². The number of non-ortho nitro benzene ring substituents is 1. The van der Waals surface area contributed by atoms with Gasteiger partial charge in [-0.3, -0.25) is 19.7 Å². The fraction of sp³-hybridized carbons (Fsp3) is 0.200. The van der Waals surface area contributed by atoms with E-state index in [9.17, 15) is 29.9 Å². The average molecular weight is 558 g/mol. The summed E-state index contributed by atoms with van der Waals surface area (Å²) >= 11 is 0. The first-order valence-electron chi connectivity index (χ1n) is 12.9. The van der Waals surface area contributed by atoms with Crippen LogP contribution in [0.3, 0.4) is 0 Å². The predicted octanol–water partition coefficient (Wildman–Crippen LogP) is 4.85. The first kappa shape index (κ1) is 27.3. The minimum absolute atomic E-state index is 0.0229. The minimum atomic E-state index is -1.05. The molecule has 3 N–H and O–H groups in total. The van der Waals surface area contributed by atoms with Crippen molar-refractivity contribution in [3.05, 3.63) is 99.2 Å². The molecule has 41 heavy (non-hydrogen) atoms. The first-order valence-corrected chi connectivity index (χ1v) is 12.9. The number of H-pyrrole nitrogens is 1. The maximum Gasteiger partial charge on any atom is 0.295 e. The van der Waals surface area contributed by atoms with Crippen LogP contribution in [-0.4, -0.2) is 57.0 Å². The highest BCUT2D eigenvalue weighted by Gasteiger charge is 2.46. The number of nitrogens with zero attached hydrogens (tertiary/aromatic N) is 2. The summed E-state index contributed by atoms with van der Waals surface area (Å²) in [5.41, 5.74) is 1.71. The Morgan fingerprint density at radius 3 is 2.66 bits per heavy atom. The Morgan fingerprint density at radius 2 is 1.93 bits per heavy atom. The highest BCUT2D eigenvalue weighted by atomic mass is 16.6. The molecule has 0 saturated carbocycles. The number of fused-ring (bicyclic) bond motifs is 1. The fourth-order valence-corrected chi connectivity index (χ4v) is 5.08. The standard InChI is InChI=1S/C30H27N3O8/c1-3-41-25-14-17(7-10-24(25)34)27-26(28(35)18-5-4-6-20(13-18)33(38)39)29(36)30(37)32(27)12-11-19-16-31-23-9-8-21(40-2)15-22(19)23/h4-10,13-16,27,31,34-35H,3,11-12H2,1-2H3/b28-26-. The van der Waals surface area contributed by atoms with Crippen molar-refractivity contribution < 1.29 is 34.2 Å². The lowest BCUT2D eigenvalue weighted by Crippen LogP contribution is -2.31. The predicted molar refractivity (Wildman–Crippen MR) is 150 cm³/mol. The van der Waals surface area contributed by atoms with Crippen LogP contribution in [0, 0.1) is 10.1 Å². The number of nitro groups is 1. The third kappa shape index (κ3) is 5.05. The van der Waals surface area contributed by atoms with Crippen molar-refractivity contribution in [1.29, 1.82) is 0 Å². The van der Waals surface area contributed by atoms with Gasteiger partial charge in [-0.15, -0.1) is 0 Å². The lowest BCUT2D eigenvalue weighted by Gasteiger charge is -2.26. The topological polar surface area (TPSA) is 155 Å². The average Bonchev–Trinajstić information content (AvgIpc) is 3.49. The van der Waals surface area contributed by atoms with Crippen molar-refractivity contribution in [3.8, 4) is 17.2 Å². The van der Waals surface area contributed by atoms with E-state index < -0.39 is 28.4 Å². The number of benzene rings is 3. The van der Waals surface area contributed by atoms with E-state index in [2.05, 4.69) is 4.98 Å². The third-order valence-electron chi connectivity index (χ3n) is 7.07. The van der Waals surface area contributed by atoms with Crippen molar-refractivity contribution in [1.82, 2.24) is 9.88 Å². The number of carbonyl (C=O) groups excluding carboxylic acids is 2. The van der Waals surface area contributed by atoms with Crippen LogP contribution < -0.4 is 9.47 Å². The zero-order valence-electron chi connectivity index (χ0n) is 22.3. The first-order chi connectivity index (χ1) is 19.7. The summed E-state index contributed by atoms with van der Waals surface area (Å²) in [6.07, 6.45) is 2.19. The van der Waals surface area contributed by atoms with Crippen LogP contribution in [0.15, 0.2) is 72.4 Å². The Labute approximate surface area is 234 Å². The maximum absolute atomic E-state index is 13.4. The highest BCUT2D eigenvalue weighted by Crippen LogP contribution is 2.42. The van der Waals surface area contributed by atoms with Crippen molar-refractivity contribution in [3.63, 3.8) is 0 Å². The number of nitro benzene ring substituents is 1. The molecule has 0 aliphatic carbocycles. The molecule has 1 aliphatic heterocycles. The molecule has 210 valence electrons. The summed E-state index contributed by atoms with van der Waals surface area (Å²) in [4.78, 5) is 42.1. The zero-order valence-corrected chi connectivity index (χ0v) is 22.3. The van der Waals surface area contributed by atoms with Gasteiger partial charge < -0.3 is 29.6 Å². The normalized spacial score (nSPS) is 16.3. The molecule has 0 bridgehead atoms. The number of hydrogen-bond donors (Lipinski definition) is 3. The van der Waals surface area contributed by atoms with Crippen molar-refractivity contribution in [2.24, 2.45) is 0 Å². The SMILES string of the molecule is CCOc1cc(C2/C(=C(/O)c3cccc([N+](=O)[O-])c3)C(=O)C(=O)N2CCc2c[nH]c3ccc(OC)cc23)ccc1O. The second-order valence-corrected chi connectivity index (χ2v) is 9.44. The Bertz CT molecular complexity index is 1710. The summed E-state index contributed by atoms with van der Waals surface area (Å²) in [7, 11) is 1.57. The molecule has 5 rings (SSSR count).